The van der Waals surface area contributed by atoms with Gasteiger partial charge in [0.15, 0.2) is 0 Å². The number of nitrogens with zero attached hydrogens (tertiary/aromatic N) is 1. The predicted molar refractivity (Wildman–Crippen MR) is 63.5 cm³/mol. The summed E-state index contributed by atoms with van der Waals surface area (Å²) < 4.78 is 0. The van der Waals surface area contributed by atoms with E-state index < -0.39 is 5.91 Å². The van der Waals surface area contributed by atoms with E-state index in [1.165, 1.54) is 0 Å². The Morgan fingerprint density at radius 1 is 1.50 bits per heavy atom. The van der Waals surface area contributed by atoms with Crippen LogP contribution in [0.15, 0.2) is 16.8 Å². The second-order valence-electron chi connectivity index (χ2n) is 3.88. The van der Waals surface area contributed by atoms with Crippen molar-refractivity contribution in [1.29, 1.82) is 0 Å². The topological polar surface area (TPSA) is 120 Å². The van der Waals surface area contributed by atoms with Gasteiger partial charge in [0, 0.05) is 12.7 Å². The van der Waals surface area contributed by atoms with Gasteiger partial charge in [-0.2, -0.15) is 0 Å². The number of carbonyl (C=O) groups is 1. The highest BCUT2D eigenvalue weighted by Crippen LogP contribution is 2.10. The van der Waals surface area contributed by atoms with Crippen LogP contribution in [0.1, 0.15) is 12.8 Å². The molecule has 0 aromatic heterocycles. The van der Waals surface area contributed by atoms with Crippen molar-refractivity contribution in [3.63, 3.8) is 0 Å². The van der Waals surface area contributed by atoms with E-state index in [1.54, 1.807) is 0 Å². The first kappa shape index (κ1) is 12.5. The van der Waals surface area contributed by atoms with Crippen LogP contribution in [0.2, 0.25) is 0 Å². The van der Waals surface area contributed by atoms with Gasteiger partial charge >= 0.3 is 0 Å². The van der Waals surface area contributed by atoms with Crippen molar-refractivity contribution in [1.82, 2.24) is 5.32 Å². The first-order valence-electron chi connectivity index (χ1n) is 5.38. The number of rotatable bonds is 4. The Bertz CT molecular complexity index is 304. The summed E-state index contributed by atoms with van der Waals surface area (Å²) in [5, 5.41) is 3.28. The summed E-state index contributed by atoms with van der Waals surface area (Å²) in [6.07, 6.45) is 3.37. The number of amides is 1. The van der Waals surface area contributed by atoms with E-state index in [4.69, 9.17) is 17.2 Å². The third-order valence-electron chi connectivity index (χ3n) is 2.63. The van der Waals surface area contributed by atoms with Crippen LogP contribution < -0.4 is 22.5 Å². The minimum atomic E-state index is -0.648. The number of nitrogens with two attached hydrogens (primary N) is 3. The zero-order valence-corrected chi connectivity index (χ0v) is 9.28. The smallest absolute Gasteiger partial charge is 0.253 e. The van der Waals surface area contributed by atoms with Gasteiger partial charge in [0.05, 0.1) is 5.57 Å². The Kier molecular flexibility index (Phi) is 4.78. The van der Waals surface area contributed by atoms with E-state index >= 15 is 0 Å². The average molecular weight is 225 g/mol. The first-order chi connectivity index (χ1) is 7.65. The molecular weight excluding hydrogens is 206 g/mol. The van der Waals surface area contributed by atoms with E-state index in [9.17, 15) is 4.79 Å². The lowest BCUT2D eigenvalue weighted by Gasteiger charge is -2.21. The minimum absolute atomic E-state index is 0.0868. The van der Waals surface area contributed by atoms with Crippen molar-refractivity contribution in [2.75, 3.05) is 19.6 Å². The summed E-state index contributed by atoms with van der Waals surface area (Å²) in [4.78, 5) is 15.1. The Morgan fingerprint density at radius 3 is 2.75 bits per heavy atom. The average Bonchev–Trinajstić information content (AvgIpc) is 2.28. The fourth-order valence-electron chi connectivity index (χ4n) is 1.69. The number of amidine groups is 1. The van der Waals surface area contributed by atoms with Crippen LogP contribution in [0, 0.1) is 5.92 Å². The Morgan fingerprint density at radius 2 is 2.25 bits per heavy atom. The van der Waals surface area contributed by atoms with Crippen molar-refractivity contribution >= 4 is 11.7 Å². The number of hydrogen-bond donors (Lipinski definition) is 4. The summed E-state index contributed by atoms with van der Waals surface area (Å²) in [5.41, 5.74) is 16.1. The van der Waals surface area contributed by atoms with Gasteiger partial charge in [0.1, 0.15) is 5.84 Å². The third kappa shape index (κ3) is 3.54. The normalized spacial score (nSPS) is 23.1. The maximum absolute atomic E-state index is 10.9. The summed E-state index contributed by atoms with van der Waals surface area (Å²) in [6.45, 7) is 2.60. The van der Waals surface area contributed by atoms with Crippen LogP contribution in [0.5, 0.6) is 0 Å². The highest BCUT2D eigenvalue weighted by Gasteiger charge is 2.14. The number of nitrogens with one attached hydrogen (secondary N) is 1. The van der Waals surface area contributed by atoms with E-state index in [0.29, 0.717) is 12.5 Å². The second-order valence-corrected chi connectivity index (χ2v) is 3.88. The van der Waals surface area contributed by atoms with Crippen LogP contribution in [0.4, 0.5) is 0 Å². The van der Waals surface area contributed by atoms with Gasteiger partial charge in [-0.05, 0) is 31.8 Å². The number of piperidine rings is 1. The SMILES string of the molecule is NC=C(C(N)=O)C(N)=NCC1CCCNC1. The molecule has 0 radical (unpaired) electrons. The molecule has 1 heterocycles. The maximum atomic E-state index is 10.9. The van der Waals surface area contributed by atoms with Crippen LogP contribution >= 0.6 is 0 Å². The molecule has 1 atom stereocenters. The Hall–Kier alpha value is -1.56. The van der Waals surface area contributed by atoms with E-state index in [-0.39, 0.29) is 11.4 Å². The van der Waals surface area contributed by atoms with Gasteiger partial charge < -0.3 is 22.5 Å². The standard InChI is InChI=1S/C10H19N5O/c11-4-8(10(13)16)9(12)15-6-7-2-1-3-14-5-7/h4,7,14H,1-3,5-6,11H2,(H2,12,15)(H2,13,16). The molecule has 1 saturated heterocycles. The Balaban J connectivity index is 2.52. The fraction of sp³-hybridized carbons (Fsp3) is 0.600. The molecule has 6 heteroatoms. The lowest BCUT2D eigenvalue weighted by atomic mass is 10.00. The van der Waals surface area contributed by atoms with Crippen molar-refractivity contribution in [2.24, 2.45) is 28.1 Å². The van der Waals surface area contributed by atoms with E-state index in [1.807, 2.05) is 0 Å². The van der Waals surface area contributed by atoms with Crippen molar-refractivity contribution in [3.05, 3.63) is 11.8 Å². The van der Waals surface area contributed by atoms with Gasteiger partial charge in [0.2, 0.25) is 0 Å². The van der Waals surface area contributed by atoms with E-state index in [2.05, 4.69) is 10.3 Å². The summed E-state index contributed by atoms with van der Waals surface area (Å²) >= 11 is 0. The van der Waals surface area contributed by atoms with E-state index in [0.717, 1.165) is 32.1 Å². The zero-order chi connectivity index (χ0) is 12.0. The molecule has 0 saturated carbocycles. The molecule has 6 nitrogen and oxygen atoms in total. The summed E-state index contributed by atoms with van der Waals surface area (Å²) in [7, 11) is 0. The number of aliphatic imine (C=N–C) groups is 1. The van der Waals surface area contributed by atoms with Crippen molar-refractivity contribution in [2.45, 2.75) is 12.8 Å². The van der Waals surface area contributed by atoms with Gasteiger partial charge in [-0.15, -0.1) is 0 Å². The molecule has 16 heavy (non-hydrogen) atoms. The minimum Gasteiger partial charge on any atom is -0.404 e. The van der Waals surface area contributed by atoms with Gasteiger partial charge in [-0.3, -0.25) is 9.79 Å². The molecule has 90 valence electrons. The summed E-state index contributed by atoms with van der Waals surface area (Å²) in [6, 6.07) is 0. The van der Waals surface area contributed by atoms with Gasteiger partial charge in [-0.25, -0.2) is 0 Å². The second kappa shape index (κ2) is 6.12. The predicted octanol–water partition coefficient (Wildman–Crippen LogP) is -1.33. The molecule has 1 aliphatic heterocycles. The molecule has 7 N–H and O–H groups in total. The van der Waals surface area contributed by atoms with Crippen LogP contribution in [0.3, 0.4) is 0 Å². The first-order valence-corrected chi connectivity index (χ1v) is 5.38. The zero-order valence-electron chi connectivity index (χ0n) is 9.28. The largest absolute Gasteiger partial charge is 0.404 e. The fourth-order valence-corrected chi connectivity index (χ4v) is 1.69. The molecule has 1 amide bonds. The molecule has 0 bridgehead atoms. The molecule has 1 aliphatic rings. The van der Waals surface area contributed by atoms with Crippen LogP contribution in [-0.4, -0.2) is 31.4 Å². The molecule has 0 aliphatic carbocycles. The maximum Gasteiger partial charge on any atom is 0.253 e. The third-order valence-corrected chi connectivity index (χ3v) is 2.63. The monoisotopic (exact) mass is 225 g/mol. The van der Waals surface area contributed by atoms with Crippen molar-refractivity contribution < 1.29 is 4.79 Å². The molecule has 0 aromatic carbocycles. The molecule has 0 spiro atoms. The van der Waals surface area contributed by atoms with Gasteiger partial charge in [-0.1, -0.05) is 0 Å². The lowest BCUT2D eigenvalue weighted by Crippen LogP contribution is -2.33. The highest BCUT2D eigenvalue weighted by atomic mass is 16.1. The Labute approximate surface area is 95.0 Å². The highest BCUT2D eigenvalue weighted by molar-refractivity contribution is 6.19. The molecule has 1 unspecified atom stereocenters. The number of hydrogen-bond acceptors (Lipinski definition) is 4. The number of primary amides is 1. The van der Waals surface area contributed by atoms with Crippen molar-refractivity contribution in [3.8, 4) is 0 Å². The molecular formula is C10H19N5O. The molecule has 0 aromatic rings. The van der Waals surface area contributed by atoms with Gasteiger partial charge in [0.25, 0.3) is 5.91 Å². The quantitative estimate of drug-likeness (QED) is 0.269. The summed E-state index contributed by atoms with van der Waals surface area (Å²) in [5.74, 6) is -0.0507. The number of carbonyl (C=O) groups excluding carboxylic acids is 1. The molecule has 1 fully saturated rings. The molecule has 1 rings (SSSR count). The van der Waals surface area contributed by atoms with Crippen LogP contribution in [-0.2, 0) is 4.79 Å². The van der Waals surface area contributed by atoms with Crippen LogP contribution in [0.25, 0.3) is 0 Å². The lowest BCUT2D eigenvalue weighted by molar-refractivity contribution is -0.114.